The minimum Gasteiger partial charge on any atom is -0.369 e. The molecule has 0 saturated carbocycles. The molecule has 0 unspecified atom stereocenters. The first-order valence-electron chi connectivity index (χ1n) is 5.62. The molecule has 1 heterocycles. The van der Waals surface area contributed by atoms with Crippen molar-refractivity contribution >= 4 is 5.95 Å². The molecular weight excluding hydrogens is 198 g/mol. The molecule has 84 valence electrons. The van der Waals surface area contributed by atoms with Crippen LogP contribution in [0.15, 0.2) is 30.5 Å². The molecule has 3 heteroatoms. The molecule has 16 heavy (non-hydrogen) atoms. The van der Waals surface area contributed by atoms with Crippen molar-refractivity contribution in [3.63, 3.8) is 0 Å². The summed E-state index contributed by atoms with van der Waals surface area (Å²) in [4.78, 5) is 4.23. The number of nitrogens with zero attached hydrogens (tertiary/aromatic N) is 2. The van der Waals surface area contributed by atoms with Crippen LogP contribution in [0.25, 0.3) is 5.69 Å². The summed E-state index contributed by atoms with van der Waals surface area (Å²) in [6.07, 6.45) is 4.17. The standard InChI is InChI=1S/C13H17N3/c1-3-6-11-7-4-5-8-12(11)16-9-10(2)15-13(16)14/h4-5,7-9H,3,6H2,1-2H3,(H2,14,15). The zero-order valence-electron chi connectivity index (χ0n) is 9.77. The van der Waals surface area contributed by atoms with Crippen LogP contribution < -0.4 is 5.73 Å². The van der Waals surface area contributed by atoms with E-state index < -0.39 is 0 Å². The summed E-state index contributed by atoms with van der Waals surface area (Å²) in [6, 6.07) is 8.33. The third-order valence-corrected chi connectivity index (χ3v) is 2.62. The predicted octanol–water partition coefficient (Wildman–Crippen LogP) is 2.72. The molecule has 0 atom stereocenters. The first-order valence-corrected chi connectivity index (χ1v) is 5.62. The van der Waals surface area contributed by atoms with E-state index in [1.165, 1.54) is 5.56 Å². The van der Waals surface area contributed by atoms with E-state index in [0.717, 1.165) is 24.2 Å². The molecule has 0 bridgehead atoms. The third kappa shape index (κ3) is 1.94. The van der Waals surface area contributed by atoms with E-state index in [2.05, 4.69) is 30.1 Å². The molecule has 0 spiro atoms. The number of nitrogens with two attached hydrogens (primary N) is 1. The van der Waals surface area contributed by atoms with Crippen LogP contribution in [0, 0.1) is 6.92 Å². The Morgan fingerprint density at radius 3 is 2.69 bits per heavy atom. The van der Waals surface area contributed by atoms with Crippen molar-refractivity contribution in [2.75, 3.05) is 5.73 Å². The summed E-state index contributed by atoms with van der Waals surface area (Å²) in [5.41, 5.74) is 9.29. The minimum atomic E-state index is 0.557. The molecule has 2 rings (SSSR count). The van der Waals surface area contributed by atoms with Gasteiger partial charge in [0.2, 0.25) is 5.95 Å². The number of aromatic nitrogens is 2. The quantitative estimate of drug-likeness (QED) is 0.855. The number of imidazole rings is 1. The number of hydrogen-bond acceptors (Lipinski definition) is 2. The lowest BCUT2D eigenvalue weighted by atomic mass is 10.1. The average molecular weight is 215 g/mol. The first kappa shape index (κ1) is 10.7. The summed E-state index contributed by atoms with van der Waals surface area (Å²) < 4.78 is 1.96. The number of benzene rings is 1. The van der Waals surface area contributed by atoms with E-state index in [9.17, 15) is 0 Å². The van der Waals surface area contributed by atoms with Gasteiger partial charge in [-0.15, -0.1) is 0 Å². The van der Waals surface area contributed by atoms with E-state index in [1.807, 2.05) is 23.8 Å². The molecule has 0 radical (unpaired) electrons. The zero-order chi connectivity index (χ0) is 11.5. The van der Waals surface area contributed by atoms with Crippen LogP contribution in [0.2, 0.25) is 0 Å². The van der Waals surface area contributed by atoms with Crippen LogP contribution in [-0.2, 0) is 6.42 Å². The number of nitrogen functional groups attached to an aromatic ring is 1. The first-order chi connectivity index (χ1) is 7.72. The maximum atomic E-state index is 5.89. The highest BCUT2D eigenvalue weighted by Gasteiger charge is 2.07. The van der Waals surface area contributed by atoms with Gasteiger partial charge in [-0.3, -0.25) is 4.57 Å². The van der Waals surface area contributed by atoms with Crippen LogP contribution in [0.3, 0.4) is 0 Å². The largest absolute Gasteiger partial charge is 0.369 e. The van der Waals surface area contributed by atoms with Crippen LogP contribution in [-0.4, -0.2) is 9.55 Å². The number of para-hydroxylation sites is 1. The number of hydrogen-bond donors (Lipinski definition) is 1. The number of rotatable bonds is 3. The molecule has 0 saturated heterocycles. The SMILES string of the molecule is CCCc1ccccc1-n1cc(C)nc1N. The van der Waals surface area contributed by atoms with E-state index in [-0.39, 0.29) is 0 Å². The van der Waals surface area contributed by atoms with E-state index in [1.54, 1.807) is 0 Å². The van der Waals surface area contributed by atoms with Gasteiger partial charge < -0.3 is 5.73 Å². The highest BCUT2D eigenvalue weighted by atomic mass is 15.1. The Morgan fingerprint density at radius 2 is 2.06 bits per heavy atom. The lowest BCUT2D eigenvalue weighted by Gasteiger charge is -2.10. The van der Waals surface area contributed by atoms with Crippen molar-refractivity contribution in [3.8, 4) is 5.69 Å². The molecule has 0 fully saturated rings. The predicted molar refractivity (Wildman–Crippen MR) is 66.7 cm³/mol. The molecule has 2 aromatic rings. The van der Waals surface area contributed by atoms with Gasteiger partial charge in [-0.05, 0) is 25.0 Å². The lowest BCUT2D eigenvalue weighted by Crippen LogP contribution is -2.02. The Hall–Kier alpha value is -1.77. The van der Waals surface area contributed by atoms with Gasteiger partial charge in [-0.25, -0.2) is 4.98 Å². The molecule has 1 aromatic carbocycles. The van der Waals surface area contributed by atoms with Gasteiger partial charge in [0.05, 0.1) is 11.4 Å². The monoisotopic (exact) mass is 215 g/mol. The Kier molecular flexibility index (Phi) is 2.95. The zero-order valence-corrected chi connectivity index (χ0v) is 9.77. The van der Waals surface area contributed by atoms with Crippen molar-refractivity contribution in [2.45, 2.75) is 26.7 Å². The van der Waals surface area contributed by atoms with Crippen molar-refractivity contribution in [3.05, 3.63) is 41.7 Å². The van der Waals surface area contributed by atoms with Crippen LogP contribution in [0.4, 0.5) is 5.95 Å². The maximum Gasteiger partial charge on any atom is 0.205 e. The van der Waals surface area contributed by atoms with Gasteiger partial charge in [0.1, 0.15) is 0 Å². The van der Waals surface area contributed by atoms with Crippen molar-refractivity contribution in [1.82, 2.24) is 9.55 Å². The smallest absolute Gasteiger partial charge is 0.205 e. The fourth-order valence-electron chi connectivity index (χ4n) is 1.94. The second-order valence-electron chi connectivity index (χ2n) is 3.99. The van der Waals surface area contributed by atoms with Crippen molar-refractivity contribution in [1.29, 1.82) is 0 Å². The minimum absolute atomic E-state index is 0.557. The Balaban J connectivity index is 2.50. The average Bonchev–Trinajstić information content (AvgIpc) is 2.59. The Morgan fingerprint density at radius 1 is 1.31 bits per heavy atom. The molecule has 0 aliphatic rings. The molecule has 3 nitrogen and oxygen atoms in total. The molecule has 0 aliphatic carbocycles. The maximum absolute atomic E-state index is 5.89. The van der Waals surface area contributed by atoms with Gasteiger partial charge in [0.15, 0.2) is 0 Å². The van der Waals surface area contributed by atoms with Crippen LogP contribution in [0.1, 0.15) is 24.6 Å². The van der Waals surface area contributed by atoms with Gasteiger partial charge in [-0.1, -0.05) is 31.5 Å². The Labute approximate surface area is 95.9 Å². The fourth-order valence-corrected chi connectivity index (χ4v) is 1.94. The second-order valence-corrected chi connectivity index (χ2v) is 3.99. The van der Waals surface area contributed by atoms with E-state index in [4.69, 9.17) is 5.73 Å². The summed E-state index contributed by atoms with van der Waals surface area (Å²) in [6.45, 7) is 4.13. The van der Waals surface area contributed by atoms with Gasteiger partial charge in [0, 0.05) is 6.20 Å². The van der Waals surface area contributed by atoms with Gasteiger partial charge in [0.25, 0.3) is 0 Å². The topological polar surface area (TPSA) is 43.8 Å². The van der Waals surface area contributed by atoms with Crippen LogP contribution in [0.5, 0.6) is 0 Å². The molecule has 2 N–H and O–H groups in total. The lowest BCUT2D eigenvalue weighted by molar-refractivity contribution is 0.901. The van der Waals surface area contributed by atoms with Gasteiger partial charge >= 0.3 is 0 Å². The molecular formula is C13H17N3. The fraction of sp³-hybridized carbons (Fsp3) is 0.308. The third-order valence-electron chi connectivity index (χ3n) is 2.62. The normalized spacial score (nSPS) is 10.6. The molecule has 0 amide bonds. The van der Waals surface area contributed by atoms with Gasteiger partial charge in [-0.2, -0.15) is 0 Å². The summed E-state index contributed by atoms with van der Waals surface area (Å²) in [5.74, 6) is 0.557. The number of anilines is 1. The van der Waals surface area contributed by atoms with Crippen molar-refractivity contribution in [2.24, 2.45) is 0 Å². The number of aryl methyl sites for hydroxylation is 2. The summed E-state index contributed by atoms with van der Waals surface area (Å²) >= 11 is 0. The Bertz CT molecular complexity index is 486. The van der Waals surface area contributed by atoms with E-state index in [0.29, 0.717) is 5.95 Å². The van der Waals surface area contributed by atoms with E-state index >= 15 is 0 Å². The highest BCUT2D eigenvalue weighted by Crippen LogP contribution is 2.19. The molecule has 0 aliphatic heterocycles. The highest BCUT2D eigenvalue weighted by molar-refractivity contribution is 5.46. The van der Waals surface area contributed by atoms with Crippen molar-refractivity contribution < 1.29 is 0 Å². The summed E-state index contributed by atoms with van der Waals surface area (Å²) in [7, 11) is 0. The molecule has 1 aromatic heterocycles. The summed E-state index contributed by atoms with van der Waals surface area (Å²) in [5, 5.41) is 0. The second kappa shape index (κ2) is 4.39. The van der Waals surface area contributed by atoms with Crippen LogP contribution >= 0.6 is 0 Å².